The molecule has 0 bridgehead atoms. The Labute approximate surface area is 230 Å². The number of thiocarbonyl (C=S) groups is 1. The van der Waals surface area contributed by atoms with E-state index in [1.807, 2.05) is 52.1 Å². The van der Waals surface area contributed by atoms with E-state index in [9.17, 15) is 18.3 Å². The highest BCUT2D eigenvalue weighted by molar-refractivity contribution is 7.92. The van der Waals surface area contributed by atoms with Gasteiger partial charge in [0.1, 0.15) is 11.8 Å². The number of nitrogens with one attached hydrogen (secondary N) is 2. The summed E-state index contributed by atoms with van der Waals surface area (Å²) >= 11 is 5.81. The third-order valence-corrected chi connectivity index (χ3v) is 7.24. The molecule has 0 aliphatic carbocycles. The maximum atomic E-state index is 12.1. The average Bonchev–Trinajstić information content (AvgIpc) is 3.52. The number of carboxylic acid groups (broad SMARTS) is 1. The second kappa shape index (κ2) is 10.4. The Bertz CT molecular complexity index is 1640. The SMILES string of the molecule is COc1ccc(N2C(=S)NC(c3ccccn3)C2c2cccn2-c2ccc(C(=O)O)cc2)cc1NS(C)(=O)=O. The number of aromatic nitrogens is 2. The summed E-state index contributed by atoms with van der Waals surface area (Å²) in [5.74, 6) is -0.638. The van der Waals surface area contributed by atoms with Crippen LogP contribution in [0, 0.1) is 0 Å². The van der Waals surface area contributed by atoms with Gasteiger partial charge in [-0.3, -0.25) is 9.71 Å². The maximum absolute atomic E-state index is 12.1. The lowest BCUT2D eigenvalue weighted by molar-refractivity contribution is 0.0697. The topological polar surface area (TPSA) is 126 Å². The van der Waals surface area contributed by atoms with Gasteiger partial charge in [-0.1, -0.05) is 6.07 Å². The monoisotopic (exact) mass is 563 g/mol. The Kier molecular flexibility index (Phi) is 6.98. The molecule has 0 amide bonds. The number of anilines is 2. The predicted molar refractivity (Wildman–Crippen MR) is 152 cm³/mol. The van der Waals surface area contributed by atoms with Crippen molar-refractivity contribution in [1.29, 1.82) is 0 Å². The number of hydrogen-bond donors (Lipinski definition) is 3. The van der Waals surface area contributed by atoms with Gasteiger partial charge in [0.05, 0.1) is 36.4 Å². The second-order valence-electron chi connectivity index (χ2n) is 8.91. The molecule has 0 saturated carbocycles. The first-order valence-electron chi connectivity index (χ1n) is 11.8. The van der Waals surface area contributed by atoms with E-state index in [0.717, 1.165) is 23.3 Å². The van der Waals surface area contributed by atoms with Crippen molar-refractivity contribution in [3.05, 3.63) is 102 Å². The molecule has 2 atom stereocenters. The number of rotatable bonds is 8. The Morgan fingerprint density at radius 2 is 1.82 bits per heavy atom. The number of nitrogens with zero attached hydrogens (tertiary/aromatic N) is 3. The predicted octanol–water partition coefficient (Wildman–Crippen LogP) is 4.13. The molecule has 0 radical (unpaired) electrons. The average molecular weight is 564 g/mol. The van der Waals surface area contributed by atoms with Crippen LogP contribution in [0.25, 0.3) is 5.69 Å². The number of sulfonamides is 1. The van der Waals surface area contributed by atoms with E-state index in [0.29, 0.717) is 16.5 Å². The number of carboxylic acids is 1. The van der Waals surface area contributed by atoms with Crippen LogP contribution in [0.5, 0.6) is 5.75 Å². The van der Waals surface area contributed by atoms with Crippen LogP contribution in [0.4, 0.5) is 11.4 Å². The molecule has 10 nitrogen and oxygen atoms in total. The number of benzene rings is 2. The molecular weight excluding hydrogens is 538 g/mol. The van der Waals surface area contributed by atoms with Crippen molar-refractivity contribution < 1.29 is 23.1 Å². The maximum Gasteiger partial charge on any atom is 0.335 e. The summed E-state index contributed by atoms with van der Waals surface area (Å²) in [6, 6.07) is 20.5. The van der Waals surface area contributed by atoms with Gasteiger partial charge in [0, 0.05) is 29.5 Å². The van der Waals surface area contributed by atoms with Gasteiger partial charge in [-0.15, -0.1) is 0 Å². The lowest BCUT2D eigenvalue weighted by Crippen LogP contribution is -2.30. The Morgan fingerprint density at radius 1 is 1.08 bits per heavy atom. The molecule has 3 N–H and O–H groups in total. The minimum absolute atomic E-state index is 0.188. The Hall–Kier alpha value is -4.42. The molecule has 200 valence electrons. The fraction of sp³-hybridized carbons (Fsp3) is 0.148. The van der Waals surface area contributed by atoms with Crippen LogP contribution in [0.1, 0.15) is 33.8 Å². The summed E-state index contributed by atoms with van der Waals surface area (Å²) in [6.45, 7) is 0. The molecular formula is C27H25N5O5S2. The fourth-order valence-corrected chi connectivity index (χ4v) is 5.60. The van der Waals surface area contributed by atoms with Crippen LogP contribution >= 0.6 is 12.2 Å². The third-order valence-electron chi connectivity index (χ3n) is 6.33. The molecule has 39 heavy (non-hydrogen) atoms. The molecule has 2 aromatic heterocycles. The van der Waals surface area contributed by atoms with Gasteiger partial charge in [-0.2, -0.15) is 0 Å². The zero-order valence-corrected chi connectivity index (χ0v) is 22.6. The van der Waals surface area contributed by atoms with Crippen molar-refractivity contribution in [2.75, 3.05) is 23.0 Å². The highest BCUT2D eigenvalue weighted by Crippen LogP contribution is 2.43. The number of ether oxygens (including phenoxy) is 1. The van der Waals surface area contributed by atoms with E-state index in [4.69, 9.17) is 17.0 Å². The molecule has 12 heteroatoms. The third kappa shape index (κ3) is 5.29. The van der Waals surface area contributed by atoms with Crippen LogP contribution in [0.2, 0.25) is 0 Å². The van der Waals surface area contributed by atoms with Crippen molar-refractivity contribution in [1.82, 2.24) is 14.9 Å². The number of aromatic carboxylic acids is 1. The van der Waals surface area contributed by atoms with Crippen molar-refractivity contribution in [2.45, 2.75) is 12.1 Å². The van der Waals surface area contributed by atoms with E-state index in [2.05, 4.69) is 15.0 Å². The fourth-order valence-electron chi connectivity index (χ4n) is 4.69. The van der Waals surface area contributed by atoms with Gasteiger partial charge in [-0.05, 0) is 78.9 Å². The van der Waals surface area contributed by atoms with E-state index >= 15 is 0 Å². The normalized spacial score (nSPS) is 17.1. The van der Waals surface area contributed by atoms with Crippen LogP contribution in [-0.4, -0.2) is 47.5 Å². The molecule has 0 spiro atoms. The first-order chi connectivity index (χ1) is 18.7. The van der Waals surface area contributed by atoms with E-state index in [1.54, 1.807) is 42.6 Å². The zero-order chi connectivity index (χ0) is 27.7. The molecule has 1 saturated heterocycles. The van der Waals surface area contributed by atoms with Gasteiger partial charge in [-0.25, -0.2) is 13.2 Å². The van der Waals surface area contributed by atoms with Crippen molar-refractivity contribution in [3.8, 4) is 11.4 Å². The largest absolute Gasteiger partial charge is 0.495 e. The minimum atomic E-state index is -3.58. The van der Waals surface area contributed by atoms with Crippen LogP contribution in [0.15, 0.2) is 85.2 Å². The first kappa shape index (κ1) is 26.2. The van der Waals surface area contributed by atoms with Crippen LogP contribution in [-0.2, 0) is 10.0 Å². The summed E-state index contributed by atoms with van der Waals surface area (Å²) in [6.07, 6.45) is 4.68. The van der Waals surface area contributed by atoms with Gasteiger partial charge in [0.15, 0.2) is 5.11 Å². The Balaban J connectivity index is 1.65. The summed E-state index contributed by atoms with van der Waals surface area (Å²) < 4.78 is 34.0. The molecule has 1 aliphatic rings. The first-order valence-corrected chi connectivity index (χ1v) is 14.1. The molecule has 2 aromatic carbocycles. The lowest BCUT2D eigenvalue weighted by atomic mass is 10.0. The number of hydrogen-bond acceptors (Lipinski definition) is 6. The molecule has 5 rings (SSSR count). The Morgan fingerprint density at radius 3 is 2.46 bits per heavy atom. The molecule has 4 aromatic rings. The molecule has 1 fully saturated rings. The van der Waals surface area contributed by atoms with Crippen molar-refractivity contribution >= 4 is 44.7 Å². The minimum Gasteiger partial charge on any atom is -0.495 e. The van der Waals surface area contributed by atoms with Crippen LogP contribution < -0.4 is 19.7 Å². The van der Waals surface area contributed by atoms with E-state index < -0.39 is 22.0 Å². The van der Waals surface area contributed by atoms with Gasteiger partial charge >= 0.3 is 5.97 Å². The molecule has 3 heterocycles. The summed E-state index contributed by atoms with van der Waals surface area (Å²) in [7, 11) is -2.11. The standard InChI is InChI=1S/C27H25N5O5S2/c1-37-23-13-12-19(16-21(23)30-39(2,35)36)32-25(24(29-27(32)38)20-6-3-4-14-28-20)22-7-5-15-31(22)18-10-8-17(9-11-18)26(33)34/h3-16,24-25,30H,1-2H3,(H,29,38)(H,33,34). The second-order valence-corrected chi connectivity index (χ2v) is 11.0. The quantitative estimate of drug-likeness (QED) is 0.271. The van der Waals surface area contributed by atoms with E-state index in [1.165, 1.54) is 7.11 Å². The number of methoxy groups -OCH3 is 1. The van der Waals surface area contributed by atoms with Gasteiger partial charge in [0.2, 0.25) is 10.0 Å². The molecule has 2 unspecified atom stereocenters. The van der Waals surface area contributed by atoms with Gasteiger partial charge < -0.3 is 24.6 Å². The summed E-state index contributed by atoms with van der Waals surface area (Å²) in [5, 5.41) is 13.1. The van der Waals surface area contributed by atoms with Crippen molar-refractivity contribution in [3.63, 3.8) is 0 Å². The smallest absolute Gasteiger partial charge is 0.335 e. The lowest BCUT2D eigenvalue weighted by Gasteiger charge is -2.29. The van der Waals surface area contributed by atoms with Crippen LogP contribution in [0.3, 0.4) is 0 Å². The summed E-state index contributed by atoms with van der Waals surface area (Å²) in [4.78, 5) is 17.9. The highest BCUT2D eigenvalue weighted by Gasteiger charge is 2.42. The van der Waals surface area contributed by atoms with Gasteiger partial charge in [0.25, 0.3) is 0 Å². The highest BCUT2D eigenvalue weighted by atomic mass is 32.2. The van der Waals surface area contributed by atoms with Crippen molar-refractivity contribution in [2.24, 2.45) is 0 Å². The van der Waals surface area contributed by atoms with E-state index in [-0.39, 0.29) is 17.3 Å². The zero-order valence-electron chi connectivity index (χ0n) is 21.0. The number of carbonyl (C=O) groups is 1. The molecule has 1 aliphatic heterocycles. The summed E-state index contributed by atoms with van der Waals surface area (Å²) in [5.41, 5.74) is 3.50. The number of pyridine rings is 1.